The molecular formula is C8H9Br. The lowest BCUT2D eigenvalue weighted by Crippen LogP contribution is -1.63. The molecule has 0 aliphatic heterocycles. The molecule has 0 N–H and O–H groups in total. The van der Waals surface area contributed by atoms with Gasteiger partial charge in [0.15, 0.2) is 0 Å². The van der Waals surface area contributed by atoms with Crippen LogP contribution in [0.5, 0.6) is 0 Å². The highest BCUT2D eigenvalue weighted by Crippen LogP contribution is 1.97. The maximum absolute atomic E-state index is 3.63. The molecule has 1 aromatic rings. The summed E-state index contributed by atoms with van der Waals surface area (Å²) in [5.41, 5.74) is 1.17. The fraction of sp³-hybridized carbons (Fsp3) is 0. The zero-order valence-corrected chi connectivity index (χ0v) is 6.79. The molecule has 9 heavy (non-hydrogen) atoms. The van der Waals surface area contributed by atoms with Gasteiger partial charge in [0.25, 0.3) is 0 Å². The third-order valence-corrected chi connectivity index (χ3v) is 1.04. The fourth-order valence-electron chi connectivity index (χ4n) is 0.589. The van der Waals surface area contributed by atoms with E-state index in [9.17, 15) is 0 Å². The van der Waals surface area contributed by atoms with Gasteiger partial charge in [-0.25, -0.2) is 0 Å². The van der Waals surface area contributed by atoms with Crippen LogP contribution in [-0.4, -0.2) is 0 Å². The summed E-state index contributed by atoms with van der Waals surface area (Å²) in [6.07, 6.45) is 1.83. The van der Waals surface area contributed by atoms with Crippen LogP contribution in [0.2, 0.25) is 0 Å². The molecule has 0 atom stereocenters. The van der Waals surface area contributed by atoms with Crippen LogP contribution in [0.15, 0.2) is 36.9 Å². The molecular weight excluding hydrogens is 176 g/mol. The monoisotopic (exact) mass is 184 g/mol. The first-order valence-corrected chi connectivity index (χ1v) is 2.61. The quantitative estimate of drug-likeness (QED) is 0.630. The van der Waals surface area contributed by atoms with E-state index in [4.69, 9.17) is 0 Å². The fourth-order valence-corrected chi connectivity index (χ4v) is 0.589. The molecule has 0 heterocycles. The van der Waals surface area contributed by atoms with Crippen LogP contribution in [0.3, 0.4) is 0 Å². The molecule has 0 fully saturated rings. The molecule has 0 saturated carbocycles. The van der Waals surface area contributed by atoms with Gasteiger partial charge in [0, 0.05) is 0 Å². The Morgan fingerprint density at radius 3 is 2.00 bits per heavy atom. The summed E-state index contributed by atoms with van der Waals surface area (Å²) in [6, 6.07) is 10.0. The van der Waals surface area contributed by atoms with Gasteiger partial charge < -0.3 is 0 Å². The normalized spacial score (nSPS) is 7.56. The van der Waals surface area contributed by atoms with Crippen molar-refractivity contribution >= 4 is 23.1 Å². The number of hydrogen-bond donors (Lipinski definition) is 0. The van der Waals surface area contributed by atoms with Crippen LogP contribution in [0.25, 0.3) is 6.08 Å². The van der Waals surface area contributed by atoms with E-state index in [1.54, 1.807) is 0 Å². The van der Waals surface area contributed by atoms with Crippen molar-refractivity contribution in [3.05, 3.63) is 42.5 Å². The average molecular weight is 185 g/mol. The second kappa shape index (κ2) is 4.33. The van der Waals surface area contributed by atoms with Gasteiger partial charge in [0.2, 0.25) is 0 Å². The Bertz CT molecular complexity index is 167. The summed E-state index contributed by atoms with van der Waals surface area (Å²) in [5.74, 6) is 0. The van der Waals surface area contributed by atoms with Crippen molar-refractivity contribution in [2.24, 2.45) is 0 Å². The molecule has 0 aliphatic rings. The van der Waals surface area contributed by atoms with Crippen molar-refractivity contribution in [1.29, 1.82) is 0 Å². The van der Waals surface area contributed by atoms with Crippen LogP contribution in [0.4, 0.5) is 0 Å². The Morgan fingerprint density at radius 1 is 1.11 bits per heavy atom. The molecule has 1 aromatic carbocycles. The van der Waals surface area contributed by atoms with Crippen LogP contribution < -0.4 is 0 Å². The molecule has 0 bridgehead atoms. The number of rotatable bonds is 1. The van der Waals surface area contributed by atoms with Crippen molar-refractivity contribution in [2.45, 2.75) is 0 Å². The predicted molar refractivity (Wildman–Crippen MR) is 46.9 cm³/mol. The van der Waals surface area contributed by atoms with Crippen molar-refractivity contribution in [3.8, 4) is 0 Å². The van der Waals surface area contributed by atoms with Crippen molar-refractivity contribution in [2.75, 3.05) is 0 Å². The van der Waals surface area contributed by atoms with E-state index in [2.05, 4.69) is 6.58 Å². The number of benzene rings is 1. The van der Waals surface area contributed by atoms with Crippen LogP contribution >= 0.6 is 17.0 Å². The molecule has 0 radical (unpaired) electrons. The number of hydrogen-bond acceptors (Lipinski definition) is 0. The minimum Gasteiger partial charge on any atom is -0.114 e. The van der Waals surface area contributed by atoms with E-state index in [0.29, 0.717) is 0 Å². The van der Waals surface area contributed by atoms with Gasteiger partial charge >= 0.3 is 0 Å². The third kappa shape index (κ3) is 2.47. The summed E-state index contributed by atoms with van der Waals surface area (Å²) in [6.45, 7) is 3.63. The summed E-state index contributed by atoms with van der Waals surface area (Å²) in [4.78, 5) is 0. The Kier molecular flexibility index (Phi) is 4.06. The largest absolute Gasteiger partial charge is 0.114 e. The van der Waals surface area contributed by atoms with Gasteiger partial charge in [0.1, 0.15) is 0 Å². The molecule has 0 aromatic heterocycles. The first-order chi connectivity index (χ1) is 3.93. The molecule has 1 heteroatoms. The Morgan fingerprint density at radius 2 is 1.67 bits per heavy atom. The molecule has 0 aliphatic carbocycles. The van der Waals surface area contributed by atoms with Gasteiger partial charge in [-0.3, -0.25) is 0 Å². The van der Waals surface area contributed by atoms with E-state index in [-0.39, 0.29) is 17.0 Å². The van der Waals surface area contributed by atoms with E-state index in [0.717, 1.165) is 0 Å². The third-order valence-electron chi connectivity index (χ3n) is 1.04. The minimum absolute atomic E-state index is 0. The SMILES string of the molecule is Br.C=Cc1ccccc1. The van der Waals surface area contributed by atoms with E-state index in [1.807, 2.05) is 36.4 Å². The molecule has 48 valence electrons. The summed E-state index contributed by atoms with van der Waals surface area (Å²) in [5, 5.41) is 0. The van der Waals surface area contributed by atoms with Crippen LogP contribution in [0.1, 0.15) is 5.56 Å². The summed E-state index contributed by atoms with van der Waals surface area (Å²) < 4.78 is 0. The zero-order chi connectivity index (χ0) is 5.82. The van der Waals surface area contributed by atoms with Gasteiger partial charge in [-0.1, -0.05) is 43.0 Å². The summed E-state index contributed by atoms with van der Waals surface area (Å²) >= 11 is 0. The Balaban J connectivity index is 0.000000640. The lowest BCUT2D eigenvalue weighted by atomic mass is 10.2. The average Bonchev–Trinajstić information content (AvgIpc) is 1.90. The molecule has 0 spiro atoms. The first kappa shape index (κ1) is 8.44. The van der Waals surface area contributed by atoms with Gasteiger partial charge in [-0.15, -0.1) is 17.0 Å². The van der Waals surface area contributed by atoms with Crippen molar-refractivity contribution in [3.63, 3.8) is 0 Å². The van der Waals surface area contributed by atoms with E-state index >= 15 is 0 Å². The lowest BCUT2D eigenvalue weighted by molar-refractivity contribution is 1.67. The smallest absolute Gasteiger partial charge is 0.0263 e. The molecule has 0 unspecified atom stereocenters. The van der Waals surface area contributed by atoms with E-state index in [1.165, 1.54) is 5.56 Å². The first-order valence-electron chi connectivity index (χ1n) is 2.61. The summed E-state index contributed by atoms with van der Waals surface area (Å²) in [7, 11) is 0. The minimum atomic E-state index is 0. The van der Waals surface area contributed by atoms with Crippen LogP contribution in [0, 0.1) is 0 Å². The maximum atomic E-state index is 3.63. The number of halogens is 1. The van der Waals surface area contributed by atoms with Gasteiger partial charge in [0.05, 0.1) is 0 Å². The molecule has 0 amide bonds. The predicted octanol–water partition coefficient (Wildman–Crippen LogP) is 2.91. The second-order valence-corrected chi connectivity index (χ2v) is 1.61. The standard InChI is InChI=1S/C8H8.BrH/c1-2-8-6-4-3-5-7-8;/h2-7H,1H2;1H. The highest BCUT2D eigenvalue weighted by Gasteiger charge is 1.75. The Hall–Kier alpha value is -0.560. The molecule has 0 saturated heterocycles. The van der Waals surface area contributed by atoms with Crippen molar-refractivity contribution in [1.82, 2.24) is 0 Å². The zero-order valence-electron chi connectivity index (χ0n) is 5.08. The second-order valence-electron chi connectivity index (χ2n) is 1.61. The van der Waals surface area contributed by atoms with Crippen molar-refractivity contribution < 1.29 is 0 Å². The molecule has 1 rings (SSSR count). The lowest BCUT2D eigenvalue weighted by Gasteiger charge is -1.85. The van der Waals surface area contributed by atoms with E-state index < -0.39 is 0 Å². The topological polar surface area (TPSA) is 0 Å². The van der Waals surface area contributed by atoms with Gasteiger partial charge in [-0.05, 0) is 5.56 Å². The highest BCUT2D eigenvalue weighted by molar-refractivity contribution is 8.93. The maximum Gasteiger partial charge on any atom is -0.0263 e. The molecule has 0 nitrogen and oxygen atoms in total. The highest BCUT2D eigenvalue weighted by atomic mass is 79.9. The van der Waals surface area contributed by atoms with Gasteiger partial charge in [-0.2, -0.15) is 0 Å². The Labute approximate surface area is 66.0 Å². The van der Waals surface area contributed by atoms with Crippen LogP contribution in [-0.2, 0) is 0 Å².